The zero-order chi connectivity index (χ0) is 17.1. The summed E-state index contributed by atoms with van der Waals surface area (Å²) in [5.74, 6) is 0.572. The normalized spacial score (nSPS) is 22.8. The molecule has 1 aliphatic rings. The number of amides is 2. The van der Waals surface area contributed by atoms with Crippen LogP contribution in [0.15, 0.2) is 30.3 Å². The summed E-state index contributed by atoms with van der Waals surface area (Å²) in [6, 6.07) is 10.2. The van der Waals surface area contributed by atoms with Crippen molar-refractivity contribution >= 4 is 11.8 Å². The lowest BCUT2D eigenvalue weighted by Crippen LogP contribution is -2.41. The Bertz CT molecular complexity index is 556. The Morgan fingerprint density at radius 2 is 1.83 bits per heavy atom. The number of urea groups is 1. The SMILES string of the molecule is CC(=O)C[C@@H](CC(C)C)N1C(=O)N(C)[C@@H](C)[C@H]1c1ccccc1. The summed E-state index contributed by atoms with van der Waals surface area (Å²) in [5.41, 5.74) is 1.13. The van der Waals surface area contributed by atoms with Crippen LogP contribution in [0, 0.1) is 5.92 Å². The van der Waals surface area contributed by atoms with E-state index in [2.05, 4.69) is 32.9 Å². The predicted octanol–water partition coefficient (Wildman–Crippen LogP) is 3.88. The first kappa shape index (κ1) is 17.5. The van der Waals surface area contributed by atoms with Crippen LogP contribution < -0.4 is 0 Å². The van der Waals surface area contributed by atoms with Crippen molar-refractivity contribution in [1.29, 1.82) is 0 Å². The second kappa shape index (κ2) is 7.16. The minimum atomic E-state index is -0.0439. The first-order valence-electron chi connectivity index (χ1n) is 8.42. The fourth-order valence-corrected chi connectivity index (χ4v) is 3.56. The van der Waals surface area contributed by atoms with Crippen LogP contribution in [0.25, 0.3) is 0 Å². The molecule has 3 atom stereocenters. The summed E-state index contributed by atoms with van der Waals surface area (Å²) in [5, 5.41) is 0. The van der Waals surface area contributed by atoms with Crippen LogP contribution in [0.2, 0.25) is 0 Å². The number of carbonyl (C=O) groups excluding carboxylic acids is 2. The average molecular weight is 316 g/mol. The molecule has 2 amide bonds. The Kier molecular flexibility index (Phi) is 5.45. The molecule has 0 unspecified atom stereocenters. The van der Waals surface area contributed by atoms with Gasteiger partial charge in [0.25, 0.3) is 0 Å². The molecule has 23 heavy (non-hydrogen) atoms. The van der Waals surface area contributed by atoms with Crippen molar-refractivity contribution in [3.63, 3.8) is 0 Å². The third-order valence-corrected chi connectivity index (χ3v) is 4.69. The highest BCUT2D eigenvalue weighted by Gasteiger charge is 2.45. The number of Topliss-reactive ketones (excluding diaryl/α,β-unsaturated/α-hetero) is 1. The van der Waals surface area contributed by atoms with Crippen molar-refractivity contribution in [2.75, 3.05) is 7.05 Å². The van der Waals surface area contributed by atoms with Crippen molar-refractivity contribution in [2.45, 2.75) is 58.7 Å². The fraction of sp³-hybridized carbons (Fsp3) is 0.579. The molecule has 0 saturated carbocycles. The van der Waals surface area contributed by atoms with E-state index in [1.807, 2.05) is 30.1 Å². The third-order valence-electron chi connectivity index (χ3n) is 4.69. The standard InChI is InChI=1S/C19H28N2O2/c1-13(2)11-17(12-14(3)22)21-18(15(4)20(5)19(21)23)16-9-7-6-8-10-16/h6-10,13,15,17-18H,11-12H2,1-5H3/t15-,17+,18-/m0/s1. The molecule has 1 heterocycles. The van der Waals surface area contributed by atoms with E-state index in [4.69, 9.17) is 0 Å². The van der Waals surface area contributed by atoms with E-state index in [0.717, 1.165) is 12.0 Å². The number of carbonyl (C=O) groups is 2. The van der Waals surface area contributed by atoms with Gasteiger partial charge in [0.1, 0.15) is 5.78 Å². The van der Waals surface area contributed by atoms with Crippen molar-refractivity contribution < 1.29 is 9.59 Å². The largest absolute Gasteiger partial charge is 0.323 e. The molecule has 1 aromatic rings. The average Bonchev–Trinajstić information content (AvgIpc) is 2.71. The fourth-order valence-electron chi connectivity index (χ4n) is 3.56. The van der Waals surface area contributed by atoms with Gasteiger partial charge in [0.15, 0.2) is 0 Å². The van der Waals surface area contributed by atoms with Gasteiger partial charge < -0.3 is 9.80 Å². The molecule has 4 heteroatoms. The Hall–Kier alpha value is -1.84. The number of nitrogens with zero attached hydrogens (tertiary/aromatic N) is 2. The van der Waals surface area contributed by atoms with Crippen LogP contribution in [0.5, 0.6) is 0 Å². The van der Waals surface area contributed by atoms with E-state index in [1.54, 1.807) is 11.8 Å². The number of benzene rings is 1. The molecule has 126 valence electrons. The summed E-state index contributed by atoms with van der Waals surface area (Å²) >= 11 is 0. The van der Waals surface area contributed by atoms with Crippen LogP contribution in [-0.2, 0) is 4.79 Å². The Morgan fingerprint density at radius 3 is 2.35 bits per heavy atom. The molecule has 2 rings (SSSR count). The maximum absolute atomic E-state index is 12.8. The zero-order valence-corrected chi connectivity index (χ0v) is 14.8. The van der Waals surface area contributed by atoms with Crippen molar-refractivity contribution in [3.05, 3.63) is 35.9 Å². The van der Waals surface area contributed by atoms with Gasteiger partial charge in [-0.1, -0.05) is 44.2 Å². The van der Waals surface area contributed by atoms with E-state index in [9.17, 15) is 9.59 Å². The molecular formula is C19H28N2O2. The minimum Gasteiger partial charge on any atom is -0.323 e. The number of ketones is 1. The lowest BCUT2D eigenvalue weighted by Gasteiger charge is -2.34. The summed E-state index contributed by atoms with van der Waals surface area (Å²) in [6.07, 6.45) is 1.27. The smallest absolute Gasteiger partial charge is 0.320 e. The molecule has 0 aromatic heterocycles. The molecule has 1 aromatic carbocycles. The quantitative estimate of drug-likeness (QED) is 0.799. The summed E-state index contributed by atoms with van der Waals surface area (Å²) < 4.78 is 0. The highest BCUT2D eigenvalue weighted by atomic mass is 16.2. The zero-order valence-electron chi connectivity index (χ0n) is 14.8. The molecular weight excluding hydrogens is 288 g/mol. The lowest BCUT2D eigenvalue weighted by atomic mass is 9.94. The number of hydrogen-bond donors (Lipinski definition) is 0. The molecule has 1 aliphatic heterocycles. The molecule has 1 fully saturated rings. The van der Waals surface area contributed by atoms with Gasteiger partial charge >= 0.3 is 6.03 Å². The second-order valence-electron chi connectivity index (χ2n) is 7.09. The number of hydrogen-bond acceptors (Lipinski definition) is 2. The number of likely N-dealkylation sites (N-methyl/N-ethyl adjacent to an activating group) is 1. The van der Waals surface area contributed by atoms with Gasteiger partial charge in [-0.3, -0.25) is 4.79 Å². The van der Waals surface area contributed by atoms with E-state index in [-0.39, 0.29) is 29.9 Å². The minimum absolute atomic E-state index is 0.00296. The molecule has 0 radical (unpaired) electrons. The van der Waals surface area contributed by atoms with E-state index in [1.165, 1.54) is 0 Å². The van der Waals surface area contributed by atoms with Crippen molar-refractivity contribution in [3.8, 4) is 0 Å². The Morgan fingerprint density at radius 1 is 1.22 bits per heavy atom. The highest BCUT2D eigenvalue weighted by Crippen LogP contribution is 2.38. The first-order chi connectivity index (χ1) is 10.8. The van der Waals surface area contributed by atoms with Gasteiger partial charge in [0, 0.05) is 19.5 Å². The molecule has 0 bridgehead atoms. The van der Waals surface area contributed by atoms with Crippen LogP contribution in [0.1, 0.15) is 52.1 Å². The molecule has 0 spiro atoms. The van der Waals surface area contributed by atoms with Gasteiger partial charge in [-0.15, -0.1) is 0 Å². The van der Waals surface area contributed by atoms with Crippen LogP contribution in [0.4, 0.5) is 4.79 Å². The second-order valence-corrected chi connectivity index (χ2v) is 7.09. The monoisotopic (exact) mass is 316 g/mol. The maximum atomic E-state index is 12.8. The molecule has 0 N–H and O–H groups in total. The molecule has 0 aliphatic carbocycles. The molecule has 4 nitrogen and oxygen atoms in total. The molecule has 1 saturated heterocycles. The Labute approximate surface area is 139 Å². The van der Waals surface area contributed by atoms with Gasteiger partial charge in [0.05, 0.1) is 12.1 Å². The lowest BCUT2D eigenvalue weighted by molar-refractivity contribution is -0.118. The Balaban J connectivity index is 2.40. The van der Waals surface area contributed by atoms with Crippen molar-refractivity contribution in [1.82, 2.24) is 9.80 Å². The van der Waals surface area contributed by atoms with E-state index >= 15 is 0 Å². The van der Waals surface area contributed by atoms with Crippen molar-refractivity contribution in [2.24, 2.45) is 5.92 Å². The summed E-state index contributed by atoms with van der Waals surface area (Å²) in [7, 11) is 1.85. The number of rotatable bonds is 6. The van der Waals surface area contributed by atoms with E-state index in [0.29, 0.717) is 12.3 Å². The van der Waals surface area contributed by atoms with Gasteiger partial charge in [0.2, 0.25) is 0 Å². The predicted molar refractivity (Wildman–Crippen MR) is 92.2 cm³/mol. The van der Waals surface area contributed by atoms with Crippen LogP contribution in [0.3, 0.4) is 0 Å². The van der Waals surface area contributed by atoms with Crippen LogP contribution >= 0.6 is 0 Å². The summed E-state index contributed by atoms with van der Waals surface area (Å²) in [6.45, 7) is 7.96. The van der Waals surface area contributed by atoms with Gasteiger partial charge in [-0.05, 0) is 31.7 Å². The first-order valence-corrected chi connectivity index (χ1v) is 8.42. The highest BCUT2D eigenvalue weighted by molar-refractivity contribution is 5.81. The van der Waals surface area contributed by atoms with Gasteiger partial charge in [-0.2, -0.15) is 0 Å². The third kappa shape index (κ3) is 3.74. The van der Waals surface area contributed by atoms with E-state index < -0.39 is 0 Å². The summed E-state index contributed by atoms with van der Waals surface area (Å²) in [4.78, 5) is 28.3. The van der Waals surface area contributed by atoms with Crippen LogP contribution in [-0.4, -0.2) is 40.7 Å². The topological polar surface area (TPSA) is 40.6 Å². The van der Waals surface area contributed by atoms with Gasteiger partial charge in [-0.25, -0.2) is 4.79 Å². The maximum Gasteiger partial charge on any atom is 0.320 e.